The summed E-state index contributed by atoms with van der Waals surface area (Å²) >= 11 is 0. The molecule has 0 heterocycles. The molecule has 0 aromatic heterocycles. The largest absolute Gasteiger partial charge is 0.0776 e. The molecular formula is C20H28. The molecule has 0 nitrogen and oxygen atoms in total. The van der Waals surface area contributed by atoms with Crippen molar-refractivity contribution >= 4 is 0 Å². The third kappa shape index (κ3) is 3.96. The molecule has 0 atom stereocenters. The molecule has 0 spiro atoms. The molecule has 2 aromatic carbocycles. The van der Waals surface area contributed by atoms with Gasteiger partial charge in [-0.15, -0.1) is 0 Å². The Labute approximate surface area is 124 Å². The lowest BCUT2D eigenvalue weighted by atomic mass is 9.89. The fraction of sp³-hybridized carbons (Fsp3) is 0.400. The summed E-state index contributed by atoms with van der Waals surface area (Å²) in [6.07, 6.45) is 6.57. The molecule has 0 heteroatoms. The normalized spacial score (nSPS) is 13.1. The molecule has 0 saturated heterocycles. The first-order chi connectivity index (χ1) is 9.43. The minimum absolute atomic E-state index is 0. The average molecular weight is 268 g/mol. The second-order valence-electron chi connectivity index (χ2n) is 4.89. The Kier molecular flexibility index (Phi) is 7.08. The van der Waals surface area contributed by atoms with Crippen LogP contribution in [0.1, 0.15) is 49.9 Å². The molecule has 0 saturated carbocycles. The molecule has 108 valence electrons. The summed E-state index contributed by atoms with van der Waals surface area (Å²) in [6.45, 7) is 4.00. The van der Waals surface area contributed by atoms with Crippen LogP contribution in [0.4, 0.5) is 0 Å². The van der Waals surface area contributed by atoms with Crippen LogP contribution in [0.2, 0.25) is 0 Å². The number of hydrogen-bond acceptors (Lipinski definition) is 0. The van der Waals surface area contributed by atoms with E-state index in [4.69, 9.17) is 0 Å². The van der Waals surface area contributed by atoms with E-state index in [2.05, 4.69) is 48.5 Å². The molecule has 2 aliphatic carbocycles. The highest BCUT2D eigenvalue weighted by Crippen LogP contribution is 2.21. The van der Waals surface area contributed by atoms with E-state index in [0.717, 1.165) is 0 Å². The Morgan fingerprint density at radius 3 is 1.10 bits per heavy atom. The summed E-state index contributed by atoms with van der Waals surface area (Å²) in [5.41, 5.74) is 6.23. The zero-order valence-corrected chi connectivity index (χ0v) is 12.2. The van der Waals surface area contributed by atoms with E-state index in [9.17, 15) is 0 Å². The number of hydrogen-bond donors (Lipinski definition) is 0. The molecule has 2 aliphatic rings. The molecule has 2 aromatic rings. The van der Waals surface area contributed by atoms with Gasteiger partial charge in [0.2, 0.25) is 0 Å². The van der Waals surface area contributed by atoms with Crippen molar-refractivity contribution in [3.05, 3.63) is 70.8 Å². The Bertz CT molecular complexity index is 465. The van der Waals surface area contributed by atoms with Gasteiger partial charge in [-0.25, -0.2) is 0 Å². The highest BCUT2D eigenvalue weighted by Gasteiger charge is 2.09. The van der Waals surface area contributed by atoms with Gasteiger partial charge in [-0.1, -0.05) is 69.8 Å². The lowest BCUT2D eigenvalue weighted by Crippen LogP contribution is -2.06. The van der Waals surface area contributed by atoms with Crippen molar-refractivity contribution in [2.75, 3.05) is 0 Å². The Morgan fingerprint density at radius 2 is 0.850 bits per heavy atom. The van der Waals surface area contributed by atoms with Crippen molar-refractivity contribution in [3.8, 4) is 0 Å². The average Bonchev–Trinajstić information content (AvgIpc) is 2.92. The van der Waals surface area contributed by atoms with E-state index in [1.165, 1.54) is 32.1 Å². The number of aryl methyl sites for hydroxylation is 4. The molecule has 0 N–H and O–H groups in total. The van der Waals surface area contributed by atoms with Gasteiger partial charge in [0, 0.05) is 0 Å². The van der Waals surface area contributed by atoms with E-state index < -0.39 is 0 Å². The second-order valence-corrected chi connectivity index (χ2v) is 4.89. The maximum absolute atomic E-state index is 2.24. The Morgan fingerprint density at radius 1 is 0.550 bits per heavy atom. The van der Waals surface area contributed by atoms with Gasteiger partial charge in [-0.2, -0.15) is 0 Å². The van der Waals surface area contributed by atoms with Crippen LogP contribution in [0, 0.1) is 0 Å². The van der Waals surface area contributed by atoms with Crippen molar-refractivity contribution < 1.29 is 0 Å². The first kappa shape index (κ1) is 16.5. The summed E-state index contributed by atoms with van der Waals surface area (Å²) in [4.78, 5) is 0. The van der Waals surface area contributed by atoms with E-state index in [0.29, 0.717) is 0 Å². The van der Waals surface area contributed by atoms with E-state index in [-0.39, 0.29) is 7.43 Å². The summed E-state index contributed by atoms with van der Waals surface area (Å²) < 4.78 is 0. The monoisotopic (exact) mass is 268 g/mol. The van der Waals surface area contributed by atoms with Crippen LogP contribution in [0.3, 0.4) is 0 Å². The van der Waals surface area contributed by atoms with Crippen LogP contribution >= 0.6 is 0 Å². The summed E-state index contributed by atoms with van der Waals surface area (Å²) in [5.74, 6) is 0. The summed E-state index contributed by atoms with van der Waals surface area (Å²) in [5, 5.41) is 0. The molecular weight excluding hydrogens is 240 g/mol. The minimum atomic E-state index is 0. The molecule has 20 heavy (non-hydrogen) atoms. The third-order valence-electron chi connectivity index (χ3n) is 3.79. The zero-order chi connectivity index (χ0) is 13.5. The van der Waals surface area contributed by atoms with Crippen molar-refractivity contribution in [1.82, 2.24) is 0 Å². The number of fused-ring (bicyclic) bond motifs is 2. The van der Waals surface area contributed by atoms with Gasteiger partial charge in [0.05, 0.1) is 0 Å². The van der Waals surface area contributed by atoms with Gasteiger partial charge >= 0.3 is 0 Å². The van der Waals surface area contributed by atoms with E-state index in [1.807, 2.05) is 13.8 Å². The molecule has 4 rings (SSSR count). The molecule has 0 fully saturated rings. The van der Waals surface area contributed by atoms with E-state index >= 15 is 0 Å². The van der Waals surface area contributed by atoms with Crippen LogP contribution in [-0.4, -0.2) is 0 Å². The molecule has 0 amide bonds. The van der Waals surface area contributed by atoms with Crippen LogP contribution in [-0.2, 0) is 25.7 Å². The fourth-order valence-electron chi connectivity index (χ4n) is 2.65. The van der Waals surface area contributed by atoms with Gasteiger partial charge < -0.3 is 0 Å². The van der Waals surface area contributed by atoms with Crippen LogP contribution in [0.25, 0.3) is 0 Å². The number of benzene rings is 2. The fourth-order valence-corrected chi connectivity index (χ4v) is 2.65. The SMILES string of the molecule is C.CC.c1ccc2c(c1)CC2.c1ccc2c(c1)CCC2. The first-order valence-electron chi connectivity index (χ1n) is 7.57. The minimum Gasteiger partial charge on any atom is -0.0776 e. The van der Waals surface area contributed by atoms with Gasteiger partial charge in [0.1, 0.15) is 0 Å². The summed E-state index contributed by atoms with van der Waals surface area (Å²) in [7, 11) is 0. The van der Waals surface area contributed by atoms with Gasteiger partial charge in [0.25, 0.3) is 0 Å². The highest BCUT2D eigenvalue weighted by molar-refractivity contribution is 5.34. The van der Waals surface area contributed by atoms with E-state index in [1.54, 1.807) is 22.3 Å². The topological polar surface area (TPSA) is 0 Å². The lowest BCUT2D eigenvalue weighted by molar-refractivity contribution is 0.839. The van der Waals surface area contributed by atoms with Crippen molar-refractivity contribution in [2.24, 2.45) is 0 Å². The highest BCUT2D eigenvalue weighted by atomic mass is 14.1. The second kappa shape index (κ2) is 8.58. The molecule has 0 aliphatic heterocycles. The van der Waals surface area contributed by atoms with Crippen molar-refractivity contribution in [1.29, 1.82) is 0 Å². The van der Waals surface area contributed by atoms with Crippen LogP contribution < -0.4 is 0 Å². The quantitative estimate of drug-likeness (QED) is 0.581. The van der Waals surface area contributed by atoms with Gasteiger partial charge in [-0.3, -0.25) is 0 Å². The van der Waals surface area contributed by atoms with Crippen LogP contribution in [0.15, 0.2) is 48.5 Å². The predicted molar refractivity (Wildman–Crippen MR) is 90.4 cm³/mol. The first-order valence-corrected chi connectivity index (χ1v) is 7.57. The maximum atomic E-state index is 2.24. The Hall–Kier alpha value is -1.56. The van der Waals surface area contributed by atoms with Gasteiger partial charge in [-0.05, 0) is 54.4 Å². The predicted octanol–water partition coefficient (Wildman–Crippen LogP) is 5.62. The van der Waals surface area contributed by atoms with Crippen LogP contribution in [0.5, 0.6) is 0 Å². The summed E-state index contributed by atoms with van der Waals surface area (Å²) in [6, 6.07) is 17.4. The zero-order valence-electron chi connectivity index (χ0n) is 12.2. The van der Waals surface area contributed by atoms with Crippen molar-refractivity contribution in [2.45, 2.75) is 53.4 Å². The van der Waals surface area contributed by atoms with Gasteiger partial charge in [0.15, 0.2) is 0 Å². The molecule has 0 radical (unpaired) electrons. The Balaban J connectivity index is 0.000000171. The molecule has 0 unspecified atom stereocenters. The lowest BCUT2D eigenvalue weighted by Gasteiger charge is -2.16. The maximum Gasteiger partial charge on any atom is -0.0235 e. The van der Waals surface area contributed by atoms with Crippen molar-refractivity contribution in [3.63, 3.8) is 0 Å². The smallest absolute Gasteiger partial charge is 0.0235 e. The molecule has 0 bridgehead atoms. The number of rotatable bonds is 0. The third-order valence-corrected chi connectivity index (χ3v) is 3.79. The standard InChI is InChI=1S/C9H10.C8H8.C2H6.CH4/c1-2-5-9-7-3-6-8(9)4-1;1-2-4-8-6-5-7(8)3-1;1-2;/h1-2,4-5H,3,6-7H2;1-4H,5-6H2;1-2H3;1H4.